The molecule has 0 radical (unpaired) electrons. The average Bonchev–Trinajstić information content (AvgIpc) is 2.44. The normalized spacial score (nSPS) is 26.6. The molecule has 0 bridgehead atoms. The monoisotopic (exact) mass is 295 g/mol. The van der Waals surface area contributed by atoms with Crippen molar-refractivity contribution < 1.29 is 4.74 Å². The van der Waals surface area contributed by atoms with Crippen molar-refractivity contribution in [3.05, 3.63) is 28.3 Å². The van der Waals surface area contributed by atoms with Gasteiger partial charge in [-0.1, -0.05) is 24.9 Å². The van der Waals surface area contributed by atoms with E-state index in [0.717, 1.165) is 34.2 Å². The van der Waals surface area contributed by atoms with Gasteiger partial charge < -0.3 is 10.5 Å². The average molecular weight is 296 g/mol. The predicted octanol–water partition coefficient (Wildman–Crippen LogP) is 4.49. The lowest BCUT2D eigenvalue weighted by molar-refractivity contribution is 0.0683. The van der Waals surface area contributed by atoms with Gasteiger partial charge in [0.05, 0.1) is 0 Å². The Balaban J connectivity index is 2.13. The van der Waals surface area contributed by atoms with Crippen LogP contribution in [-0.2, 0) is 0 Å². The van der Waals surface area contributed by atoms with Gasteiger partial charge in [-0.15, -0.1) is 0 Å². The van der Waals surface area contributed by atoms with E-state index in [0.29, 0.717) is 12.5 Å². The molecule has 3 heteroatoms. The molecule has 112 valence electrons. The van der Waals surface area contributed by atoms with Gasteiger partial charge in [-0.3, -0.25) is 0 Å². The first kappa shape index (κ1) is 15.7. The van der Waals surface area contributed by atoms with Crippen LogP contribution < -0.4 is 10.5 Å². The van der Waals surface area contributed by atoms with Crippen molar-refractivity contribution in [1.82, 2.24) is 0 Å². The molecule has 1 fully saturated rings. The Bertz CT molecular complexity index is 437. The summed E-state index contributed by atoms with van der Waals surface area (Å²) in [6, 6.07) is 4.08. The molecule has 2 N–H and O–H groups in total. The number of nitrogens with two attached hydrogens (primary N) is 1. The van der Waals surface area contributed by atoms with Crippen LogP contribution in [0.25, 0.3) is 0 Å². The number of benzene rings is 1. The summed E-state index contributed by atoms with van der Waals surface area (Å²) < 4.78 is 6.27. The quantitative estimate of drug-likeness (QED) is 0.888. The van der Waals surface area contributed by atoms with Crippen LogP contribution in [0, 0.1) is 25.7 Å². The zero-order valence-electron chi connectivity index (χ0n) is 12.8. The second-order valence-electron chi connectivity index (χ2n) is 6.11. The predicted molar refractivity (Wildman–Crippen MR) is 85.5 cm³/mol. The van der Waals surface area contributed by atoms with Gasteiger partial charge in [-0.25, -0.2) is 0 Å². The summed E-state index contributed by atoms with van der Waals surface area (Å²) in [7, 11) is 0. The summed E-state index contributed by atoms with van der Waals surface area (Å²) in [4.78, 5) is 0. The summed E-state index contributed by atoms with van der Waals surface area (Å²) >= 11 is 6.22. The van der Waals surface area contributed by atoms with E-state index < -0.39 is 0 Å². The number of aryl methyl sites for hydroxylation is 2. The van der Waals surface area contributed by atoms with Gasteiger partial charge in [-0.2, -0.15) is 0 Å². The van der Waals surface area contributed by atoms with Crippen molar-refractivity contribution >= 4 is 11.6 Å². The third-order valence-corrected chi connectivity index (χ3v) is 5.21. The highest BCUT2D eigenvalue weighted by molar-refractivity contribution is 6.32. The lowest BCUT2D eigenvalue weighted by Gasteiger charge is -2.35. The number of halogens is 1. The number of rotatable bonds is 4. The van der Waals surface area contributed by atoms with Crippen molar-refractivity contribution in [2.75, 3.05) is 6.54 Å². The Hall–Kier alpha value is -0.730. The van der Waals surface area contributed by atoms with Gasteiger partial charge in [0.2, 0.25) is 0 Å². The van der Waals surface area contributed by atoms with Crippen LogP contribution >= 0.6 is 11.6 Å². The second-order valence-corrected chi connectivity index (χ2v) is 6.49. The standard InChI is InChI=1S/C17H26ClNO/c1-4-13-5-6-14(10-19)16(9-13)20-15-7-11(2)17(18)12(3)8-15/h7-8,13-14,16H,4-6,9-10,19H2,1-3H3. The van der Waals surface area contributed by atoms with Crippen LogP contribution in [0.3, 0.4) is 0 Å². The molecule has 3 unspecified atom stereocenters. The highest BCUT2D eigenvalue weighted by Gasteiger charge is 2.30. The van der Waals surface area contributed by atoms with E-state index in [-0.39, 0.29) is 6.10 Å². The third kappa shape index (κ3) is 3.48. The summed E-state index contributed by atoms with van der Waals surface area (Å²) in [5.74, 6) is 2.19. The van der Waals surface area contributed by atoms with Gasteiger partial charge in [0.1, 0.15) is 11.9 Å². The molecule has 1 aromatic rings. The first-order chi connectivity index (χ1) is 9.55. The van der Waals surface area contributed by atoms with Crippen LogP contribution in [0.2, 0.25) is 5.02 Å². The van der Waals surface area contributed by atoms with E-state index in [9.17, 15) is 0 Å². The molecule has 1 aliphatic rings. The molecule has 0 aliphatic heterocycles. The van der Waals surface area contributed by atoms with Gasteiger partial charge in [0.25, 0.3) is 0 Å². The van der Waals surface area contributed by atoms with Crippen molar-refractivity contribution in [2.45, 2.75) is 52.6 Å². The van der Waals surface area contributed by atoms with Gasteiger partial charge in [0, 0.05) is 10.9 Å². The minimum Gasteiger partial charge on any atom is -0.490 e. The van der Waals surface area contributed by atoms with E-state index in [1.54, 1.807) is 0 Å². The molecule has 0 saturated heterocycles. The molecule has 2 nitrogen and oxygen atoms in total. The van der Waals surface area contributed by atoms with Crippen LogP contribution in [0.5, 0.6) is 5.75 Å². The molecule has 0 aromatic heterocycles. The van der Waals surface area contributed by atoms with E-state index in [2.05, 4.69) is 6.92 Å². The fraction of sp³-hybridized carbons (Fsp3) is 0.647. The Morgan fingerprint density at radius 2 is 1.90 bits per heavy atom. The molecule has 2 rings (SSSR count). The lowest BCUT2D eigenvalue weighted by atomic mass is 9.78. The summed E-state index contributed by atoms with van der Waals surface area (Å²) in [5, 5.41) is 0.836. The third-order valence-electron chi connectivity index (χ3n) is 4.61. The maximum Gasteiger partial charge on any atom is 0.120 e. The van der Waals surface area contributed by atoms with E-state index >= 15 is 0 Å². The van der Waals surface area contributed by atoms with Crippen LogP contribution in [-0.4, -0.2) is 12.6 Å². The number of hydrogen-bond acceptors (Lipinski definition) is 2. The maximum atomic E-state index is 6.27. The maximum absolute atomic E-state index is 6.27. The molecule has 1 aromatic carbocycles. The molecular weight excluding hydrogens is 270 g/mol. The highest BCUT2D eigenvalue weighted by atomic mass is 35.5. The minimum atomic E-state index is 0.249. The Morgan fingerprint density at radius 1 is 1.25 bits per heavy atom. The van der Waals surface area contributed by atoms with E-state index in [1.807, 2.05) is 26.0 Å². The second kappa shape index (κ2) is 6.82. The topological polar surface area (TPSA) is 35.2 Å². The van der Waals surface area contributed by atoms with Gasteiger partial charge in [0.15, 0.2) is 0 Å². The molecule has 0 amide bonds. The Kier molecular flexibility index (Phi) is 5.34. The molecule has 1 saturated carbocycles. The van der Waals surface area contributed by atoms with Crippen molar-refractivity contribution in [3.8, 4) is 5.75 Å². The molecule has 20 heavy (non-hydrogen) atoms. The molecule has 0 heterocycles. The van der Waals surface area contributed by atoms with Crippen LogP contribution in [0.4, 0.5) is 0 Å². The first-order valence-corrected chi connectivity index (χ1v) is 8.06. The van der Waals surface area contributed by atoms with Gasteiger partial charge >= 0.3 is 0 Å². The Morgan fingerprint density at radius 3 is 2.45 bits per heavy atom. The zero-order chi connectivity index (χ0) is 14.7. The SMILES string of the molecule is CCC1CCC(CN)C(Oc2cc(C)c(Cl)c(C)c2)C1. The van der Waals surface area contributed by atoms with Crippen molar-refractivity contribution in [2.24, 2.45) is 17.6 Å². The van der Waals surface area contributed by atoms with Crippen LogP contribution in [0.15, 0.2) is 12.1 Å². The lowest BCUT2D eigenvalue weighted by Crippen LogP contribution is -2.38. The Labute approximate surface area is 127 Å². The first-order valence-electron chi connectivity index (χ1n) is 7.68. The smallest absolute Gasteiger partial charge is 0.120 e. The number of ether oxygens (including phenoxy) is 1. The fourth-order valence-corrected chi connectivity index (χ4v) is 3.32. The highest BCUT2D eigenvalue weighted by Crippen LogP contribution is 2.34. The fourth-order valence-electron chi connectivity index (χ4n) is 3.21. The summed E-state index contributed by atoms with van der Waals surface area (Å²) in [5.41, 5.74) is 8.07. The molecular formula is C17H26ClNO. The van der Waals surface area contributed by atoms with Crippen molar-refractivity contribution in [1.29, 1.82) is 0 Å². The van der Waals surface area contributed by atoms with E-state index in [4.69, 9.17) is 22.1 Å². The zero-order valence-corrected chi connectivity index (χ0v) is 13.5. The van der Waals surface area contributed by atoms with E-state index in [1.165, 1.54) is 19.3 Å². The molecule has 3 atom stereocenters. The number of hydrogen-bond donors (Lipinski definition) is 1. The largest absolute Gasteiger partial charge is 0.490 e. The summed E-state index contributed by atoms with van der Waals surface area (Å²) in [6.07, 6.45) is 5.08. The molecule has 1 aliphatic carbocycles. The van der Waals surface area contributed by atoms with Gasteiger partial charge in [-0.05, 0) is 68.8 Å². The summed E-state index contributed by atoms with van der Waals surface area (Å²) in [6.45, 7) is 7.03. The molecule has 0 spiro atoms. The minimum absolute atomic E-state index is 0.249. The van der Waals surface area contributed by atoms with Crippen LogP contribution in [0.1, 0.15) is 43.7 Å². The van der Waals surface area contributed by atoms with Crippen molar-refractivity contribution in [3.63, 3.8) is 0 Å².